The second kappa shape index (κ2) is 5.69. The topological polar surface area (TPSA) is 67.4 Å². The van der Waals surface area contributed by atoms with Crippen molar-refractivity contribution in [3.05, 3.63) is 42.1 Å². The van der Waals surface area contributed by atoms with Gasteiger partial charge in [-0.25, -0.2) is 9.59 Å². The van der Waals surface area contributed by atoms with Gasteiger partial charge in [-0.3, -0.25) is 0 Å². The lowest BCUT2D eigenvalue weighted by Crippen LogP contribution is -2.25. The minimum atomic E-state index is -0.489. The van der Waals surface area contributed by atoms with Gasteiger partial charge in [-0.2, -0.15) is 0 Å². The van der Waals surface area contributed by atoms with E-state index in [1.807, 2.05) is 0 Å². The first-order valence-electron chi connectivity index (χ1n) is 4.96. The molecule has 0 aromatic heterocycles. The predicted molar refractivity (Wildman–Crippen MR) is 64.9 cm³/mol. The molecule has 0 atom stereocenters. The molecule has 0 aliphatic heterocycles. The molecule has 0 fully saturated rings. The van der Waals surface area contributed by atoms with Crippen LogP contribution in [0.25, 0.3) is 0 Å². The van der Waals surface area contributed by atoms with Crippen LogP contribution in [0.5, 0.6) is 0 Å². The highest BCUT2D eigenvalue weighted by molar-refractivity contribution is 6.02. The first-order chi connectivity index (χ1) is 8.10. The molecule has 1 rings (SSSR count). The lowest BCUT2D eigenvalue weighted by molar-refractivity contribution is 0.0601. The Morgan fingerprint density at radius 3 is 2.71 bits per heavy atom. The SMILES string of the molecule is C=CNC(=O)Nc1cccc(C)c1C(=O)OC. The number of anilines is 1. The van der Waals surface area contributed by atoms with Gasteiger partial charge in [0.1, 0.15) is 0 Å². The molecule has 1 aromatic carbocycles. The van der Waals surface area contributed by atoms with E-state index in [2.05, 4.69) is 21.9 Å². The maximum atomic E-state index is 11.6. The summed E-state index contributed by atoms with van der Waals surface area (Å²) in [4.78, 5) is 22.9. The summed E-state index contributed by atoms with van der Waals surface area (Å²) in [5.74, 6) is -0.489. The van der Waals surface area contributed by atoms with Crippen LogP contribution in [0.2, 0.25) is 0 Å². The smallest absolute Gasteiger partial charge is 0.340 e. The molecule has 0 aliphatic rings. The number of urea groups is 1. The Morgan fingerprint density at radius 2 is 2.12 bits per heavy atom. The van der Waals surface area contributed by atoms with Gasteiger partial charge in [-0.1, -0.05) is 18.7 Å². The Bertz CT molecular complexity index is 455. The molecule has 1 aromatic rings. The van der Waals surface area contributed by atoms with Gasteiger partial charge in [0.15, 0.2) is 0 Å². The van der Waals surface area contributed by atoms with Crippen molar-refractivity contribution in [2.45, 2.75) is 6.92 Å². The number of aryl methyl sites for hydroxylation is 1. The molecule has 5 nitrogen and oxygen atoms in total. The van der Waals surface area contributed by atoms with Crippen LogP contribution in [0.4, 0.5) is 10.5 Å². The monoisotopic (exact) mass is 234 g/mol. The fourth-order valence-electron chi connectivity index (χ4n) is 1.40. The fourth-order valence-corrected chi connectivity index (χ4v) is 1.40. The van der Waals surface area contributed by atoms with Crippen LogP contribution in [-0.4, -0.2) is 19.1 Å². The van der Waals surface area contributed by atoms with E-state index in [1.165, 1.54) is 13.3 Å². The number of benzene rings is 1. The standard InChI is InChI=1S/C12H14N2O3/c1-4-13-12(16)14-9-7-5-6-8(2)10(9)11(15)17-3/h4-7H,1H2,2-3H3,(H2,13,14,16). The van der Waals surface area contributed by atoms with Crippen molar-refractivity contribution in [1.29, 1.82) is 0 Å². The summed E-state index contributed by atoms with van der Waals surface area (Å²) in [6.07, 6.45) is 1.25. The van der Waals surface area contributed by atoms with Crippen molar-refractivity contribution >= 4 is 17.7 Å². The number of esters is 1. The summed E-state index contributed by atoms with van der Waals surface area (Å²) in [6, 6.07) is 4.67. The van der Waals surface area contributed by atoms with Crippen molar-refractivity contribution in [2.24, 2.45) is 0 Å². The van der Waals surface area contributed by atoms with Gasteiger partial charge in [-0.05, 0) is 24.8 Å². The number of carbonyl (C=O) groups excluding carboxylic acids is 2. The average Bonchev–Trinajstić information content (AvgIpc) is 2.28. The number of ether oxygens (including phenoxy) is 1. The first kappa shape index (κ1) is 12.8. The zero-order chi connectivity index (χ0) is 12.8. The normalized spacial score (nSPS) is 9.29. The second-order valence-electron chi connectivity index (χ2n) is 3.29. The van der Waals surface area contributed by atoms with Gasteiger partial charge in [-0.15, -0.1) is 0 Å². The minimum Gasteiger partial charge on any atom is -0.465 e. The molecule has 0 aliphatic carbocycles. The molecule has 0 spiro atoms. The maximum Gasteiger partial charge on any atom is 0.340 e. The van der Waals surface area contributed by atoms with Crippen LogP contribution >= 0.6 is 0 Å². The van der Waals surface area contributed by atoms with Crippen LogP contribution in [0.15, 0.2) is 31.0 Å². The molecule has 2 amide bonds. The Hall–Kier alpha value is -2.30. The van der Waals surface area contributed by atoms with Gasteiger partial charge in [0.25, 0.3) is 0 Å². The van der Waals surface area contributed by atoms with Crippen LogP contribution in [0, 0.1) is 6.92 Å². The summed E-state index contributed by atoms with van der Waals surface area (Å²) < 4.78 is 4.67. The van der Waals surface area contributed by atoms with E-state index in [9.17, 15) is 9.59 Å². The maximum absolute atomic E-state index is 11.6. The third-order valence-corrected chi connectivity index (χ3v) is 2.14. The van der Waals surface area contributed by atoms with Crippen LogP contribution in [-0.2, 0) is 4.74 Å². The number of carbonyl (C=O) groups is 2. The molecule has 0 saturated carbocycles. The molecule has 0 bridgehead atoms. The molecular formula is C12H14N2O3. The summed E-state index contributed by atoms with van der Waals surface area (Å²) in [5.41, 5.74) is 1.47. The van der Waals surface area contributed by atoms with Crippen molar-refractivity contribution < 1.29 is 14.3 Å². The largest absolute Gasteiger partial charge is 0.465 e. The van der Waals surface area contributed by atoms with Crippen molar-refractivity contribution in [3.8, 4) is 0 Å². The lowest BCUT2D eigenvalue weighted by atomic mass is 10.1. The Kier molecular flexibility index (Phi) is 4.28. The lowest BCUT2D eigenvalue weighted by Gasteiger charge is -2.11. The fraction of sp³-hybridized carbons (Fsp3) is 0.167. The quantitative estimate of drug-likeness (QED) is 0.786. The number of methoxy groups -OCH3 is 1. The van der Waals surface area contributed by atoms with Crippen molar-refractivity contribution in [3.63, 3.8) is 0 Å². The molecule has 0 heterocycles. The van der Waals surface area contributed by atoms with Crippen LogP contribution in [0.1, 0.15) is 15.9 Å². The van der Waals surface area contributed by atoms with Crippen molar-refractivity contribution in [2.75, 3.05) is 12.4 Å². The highest BCUT2D eigenvalue weighted by Crippen LogP contribution is 2.20. The zero-order valence-corrected chi connectivity index (χ0v) is 9.74. The van der Waals surface area contributed by atoms with E-state index in [0.29, 0.717) is 11.3 Å². The van der Waals surface area contributed by atoms with Crippen LogP contribution < -0.4 is 10.6 Å². The van der Waals surface area contributed by atoms with E-state index in [4.69, 9.17) is 0 Å². The number of hydrogen-bond donors (Lipinski definition) is 2. The van der Waals surface area contributed by atoms with E-state index in [-0.39, 0.29) is 0 Å². The molecule has 0 radical (unpaired) electrons. The summed E-state index contributed by atoms with van der Waals surface area (Å²) in [7, 11) is 1.29. The Labute approximate surface area is 99.5 Å². The number of rotatable bonds is 3. The third kappa shape index (κ3) is 3.07. The first-order valence-corrected chi connectivity index (χ1v) is 4.96. The van der Waals surface area contributed by atoms with Gasteiger partial charge in [0, 0.05) is 0 Å². The van der Waals surface area contributed by atoms with Gasteiger partial charge in [0.2, 0.25) is 0 Å². The highest BCUT2D eigenvalue weighted by Gasteiger charge is 2.15. The number of nitrogens with one attached hydrogen (secondary N) is 2. The van der Waals surface area contributed by atoms with E-state index >= 15 is 0 Å². The third-order valence-electron chi connectivity index (χ3n) is 2.14. The predicted octanol–water partition coefficient (Wildman–Crippen LogP) is 2.05. The Morgan fingerprint density at radius 1 is 1.41 bits per heavy atom. The number of hydrogen-bond acceptors (Lipinski definition) is 3. The molecule has 0 saturated heterocycles. The van der Waals surface area contributed by atoms with Crippen LogP contribution in [0.3, 0.4) is 0 Å². The zero-order valence-electron chi connectivity index (χ0n) is 9.74. The number of amides is 2. The second-order valence-corrected chi connectivity index (χ2v) is 3.29. The van der Waals surface area contributed by atoms with Gasteiger partial charge >= 0.3 is 12.0 Å². The van der Waals surface area contributed by atoms with E-state index < -0.39 is 12.0 Å². The molecular weight excluding hydrogens is 220 g/mol. The molecule has 5 heteroatoms. The molecule has 0 unspecified atom stereocenters. The minimum absolute atomic E-state index is 0.342. The highest BCUT2D eigenvalue weighted by atomic mass is 16.5. The summed E-state index contributed by atoms with van der Waals surface area (Å²) in [6.45, 7) is 5.14. The van der Waals surface area contributed by atoms with Gasteiger partial charge in [0.05, 0.1) is 18.4 Å². The molecule has 17 heavy (non-hydrogen) atoms. The molecule has 2 N–H and O–H groups in total. The van der Waals surface area contributed by atoms with Crippen molar-refractivity contribution in [1.82, 2.24) is 5.32 Å². The molecule has 90 valence electrons. The van der Waals surface area contributed by atoms with E-state index in [0.717, 1.165) is 5.56 Å². The van der Waals surface area contributed by atoms with Gasteiger partial charge < -0.3 is 15.4 Å². The Balaban J connectivity index is 3.06. The summed E-state index contributed by atoms with van der Waals surface area (Å²) >= 11 is 0. The van der Waals surface area contributed by atoms with E-state index in [1.54, 1.807) is 25.1 Å². The average molecular weight is 234 g/mol. The summed E-state index contributed by atoms with van der Waals surface area (Å²) in [5, 5.41) is 4.90.